The molecule has 48 heavy (non-hydrogen) atoms. The minimum absolute atomic E-state index is 0.237. The predicted octanol–water partition coefficient (Wildman–Crippen LogP) is 6.42. The SMILES string of the molecule is CC[C@@H]1CCCC[C@H](C2OCC(N(C)C)CO2)[C@@H]2CC[C@H]2CN2CCCCc3cc(Cl)ccc3COc3ccc(cc32)C(=O)NS1(=O)=O. The number of fused-ring (bicyclic) bond motifs is 3. The summed E-state index contributed by atoms with van der Waals surface area (Å²) in [4.78, 5) is 18.0. The zero-order chi connectivity index (χ0) is 33.8. The summed E-state index contributed by atoms with van der Waals surface area (Å²) in [5, 5.41) is 0.0836. The van der Waals surface area contributed by atoms with Gasteiger partial charge in [-0.2, -0.15) is 0 Å². The van der Waals surface area contributed by atoms with Crippen LogP contribution < -0.4 is 14.4 Å². The molecule has 2 aromatic carbocycles. The highest BCUT2D eigenvalue weighted by molar-refractivity contribution is 7.90. The maximum Gasteiger partial charge on any atom is 0.264 e. The van der Waals surface area contributed by atoms with E-state index in [1.807, 2.05) is 37.3 Å². The van der Waals surface area contributed by atoms with Crippen molar-refractivity contribution in [2.45, 2.75) is 95.3 Å². The Morgan fingerprint density at radius 1 is 0.938 bits per heavy atom. The summed E-state index contributed by atoms with van der Waals surface area (Å²) in [5.41, 5.74) is 3.44. The topological polar surface area (TPSA) is 97.4 Å². The third-order valence-corrected chi connectivity index (χ3v) is 13.3. The zero-order valence-electron chi connectivity index (χ0n) is 28.7. The number of hydrogen-bond donors (Lipinski definition) is 1. The van der Waals surface area contributed by atoms with Gasteiger partial charge >= 0.3 is 0 Å². The molecule has 1 N–H and O–H groups in total. The van der Waals surface area contributed by atoms with Gasteiger partial charge in [-0.15, -0.1) is 0 Å². The van der Waals surface area contributed by atoms with Gasteiger partial charge in [-0.3, -0.25) is 4.79 Å². The van der Waals surface area contributed by atoms with Gasteiger partial charge in [0.1, 0.15) is 12.4 Å². The maximum atomic E-state index is 13.5. The van der Waals surface area contributed by atoms with Crippen molar-refractivity contribution in [1.82, 2.24) is 9.62 Å². The van der Waals surface area contributed by atoms with Crippen LogP contribution in [-0.4, -0.2) is 77.2 Å². The first-order chi connectivity index (χ1) is 23.1. The molecule has 1 saturated carbocycles. The van der Waals surface area contributed by atoms with Gasteiger partial charge in [-0.1, -0.05) is 37.4 Å². The largest absolute Gasteiger partial charge is 0.487 e. The molecule has 1 aliphatic carbocycles. The molecular weight excluding hydrogens is 650 g/mol. The molecule has 1 amide bonds. The monoisotopic (exact) mass is 701 g/mol. The Morgan fingerprint density at radius 2 is 1.73 bits per heavy atom. The summed E-state index contributed by atoms with van der Waals surface area (Å²) in [6.07, 6.45) is 8.37. The molecule has 0 aromatic heterocycles. The highest BCUT2D eigenvalue weighted by Gasteiger charge is 2.43. The molecule has 0 spiro atoms. The van der Waals surface area contributed by atoms with E-state index in [2.05, 4.69) is 28.6 Å². The predicted molar refractivity (Wildman–Crippen MR) is 189 cm³/mol. The zero-order valence-corrected chi connectivity index (χ0v) is 30.2. The molecule has 2 fully saturated rings. The van der Waals surface area contributed by atoms with Gasteiger partial charge in [0.05, 0.1) is 30.2 Å². The second kappa shape index (κ2) is 15.7. The second-order valence-electron chi connectivity index (χ2n) is 14.4. The van der Waals surface area contributed by atoms with Crippen LogP contribution in [0.2, 0.25) is 5.02 Å². The number of carbonyl (C=O) groups is 1. The summed E-state index contributed by atoms with van der Waals surface area (Å²) in [6, 6.07) is 11.5. The molecular formula is C37H52ClN3O6S. The maximum absolute atomic E-state index is 13.5. The standard InChI is InChI=1S/C37H52ClN3O6S/c1-4-31-10-5-6-11-33(37-46-23-30(24-47-37)40(2)3)32-16-13-27(32)21-41-18-8-7-9-25-19-29(38)15-12-28(25)22-45-35-17-14-26(20-34(35)41)36(42)39-48(31,43)44/h12,14-15,17,19-20,27,30-33,37H,4-11,13,16,18,21-24H2,1-3H3,(H,39,42)/t27-,30?,31+,32+,33-,37?/m0/s1. The number of ether oxygens (including phenoxy) is 3. The van der Waals surface area contributed by atoms with Crippen molar-refractivity contribution in [1.29, 1.82) is 0 Å². The number of benzene rings is 2. The third-order valence-electron chi connectivity index (χ3n) is 11.1. The van der Waals surface area contributed by atoms with Crippen molar-refractivity contribution in [2.75, 3.05) is 45.3 Å². The lowest BCUT2D eigenvalue weighted by molar-refractivity contribution is -0.240. The van der Waals surface area contributed by atoms with Crippen LogP contribution in [0.5, 0.6) is 5.75 Å². The average molecular weight is 702 g/mol. The Morgan fingerprint density at radius 3 is 2.46 bits per heavy atom. The van der Waals surface area contributed by atoms with E-state index in [4.69, 9.17) is 25.8 Å². The number of sulfonamides is 1. The van der Waals surface area contributed by atoms with Gasteiger partial charge in [-0.05, 0) is 119 Å². The van der Waals surface area contributed by atoms with E-state index in [-0.39, 0.29) is 18.2 Å². The van der Waals surface area contributed by atoms with E-state index in [0.29, 0.717) is 55.8 Å². The molecule has 264 valence electrons. The van der Waals surface area contributed by atoms with Crippen molar-refractivity contribution in [2.24, 2.45) is 17.8 Å². The second-order valence-corrected chi connectivity index (χ2v) is 16.8. The van der Waals surface area contributed by atoms with Crippen molar-refractivity contribution in [3.63, 3.8) is 0 Å². The normalized spacial score (nSPS) is 30.1. The molecule has 11 heteroatoms. The highest BCUT2D eigenvalue weighted by atomic mass is 35.5. The number of likely N-dealkylation sites (N-methyl/N-ethyl adjacent to an activating group) is 1. The lowest BCUT2D eigenvalue weighted by Crippen LogP contribution is -2.50. The molecule has 0 unspecified atom stereocenters. The molecule has 6 rings (SSSR count). The quantitative estimate of drug-likeness (QED) is 0.392. The van der Waals surface area contributed by atoms with E-state index in [0.717, 1.165) is 80.7 Å². The Bertz CT molecular complexity index is 1530. The first kappa shape index (κ1) is 35.5. The molecule has 4 aliphatic rings. The van der Waals surface area contributed by atoms with E-state index in [9.17, 15) is 13.2 Å². The summed E-state index contributed by atoms with van der Waals surface area (Å²) in [5.74, 6) is 1.20. The Hall–Kier alpha value is -2.37. The van der Waals surface area contributed by atoms with Crippen LogP contribution in [0.25, 0.3) is 0 Å². The van der Waals surface area contributed by atoms with E-state index >= 15 is 0 Å². The van der Waals surface area contributed by atoms with Crippen LogP contribution in [0.1, 0.15) is 86.2 Å². The van der Waals surface area contributed by atoms with Gasteiger partial charge in [0.2, 0.25) is 10.0 Å². The molecule has 1 saturated heterocycles. The number of nitrogens with one attached hydrogen (secondary N) is 1. The smallest absolute Gasteiger partial charge is 0.264 e. The van der Waals surface area contributed by atoms with Crippen LogP contribution in [0.3, 0.4) is 0 Å². The Kier molecular flexibility index (Phi) is 11.6. The molecule has 3 aliphatic heterocycles. The van der Waals surface area contributed by atoms with Crippen molar-refractivity contribution in [3.8, 4) is 5.75 Å². The lowest BCUT2D eigenvalue weighted by Gasteiger charge is -2.48. The number of nitrogens with zero attached hydrogens (tertiary/aromatic N) is 2. The van der Waals surface area contributed by atoms with Crippen LogP contribution >= 0.6 is 11.6 Å². The van der Waals surface area contributed by atoms with E-state index < -0.39 is 21.2 Å². The summed E-state index contributed by atoms with van der Waals surface area (Å²) < 4.78 is 48.7. The number of hydrogen-bond acceptors (Lipinski definition) is 8. The fourth-order valence-corrected chi connectivity index (χ4v) is 9.61. The molecule has 2 aromatic rings. The van der Waals surface area contributed by atoms with E-state index in [1.165, 1.54) is 5.56 Å². The van der Waals surface area contributed by atoms with Crippen LogP contribution in [0, 0.1) is 17.8 Å². The number of rotatable bonds is 3. The van der Waals surface area contributed by atoms with Gasteiger partial charge in [0.15, 0.2) is 6.29 Å². The van der Waals surface area contributed by atoms with Gasteiger partial charge in [0, 0.05) is 29.6 Å². The Labute approximate surface area is 291 Å². The first-order valence-corrected chi connectivity index (χ1v) is 19.8. The van der Waals surface area contributed by atoms with Crippen LogP contribution in [-0.2, 0) is 32.5 Å². The Balaban J connectivity index is 1.34. The molecule has 9 nitrogen and oxygen atoms in total. The summed E-state index contributed by atoms with van der Waals surface area (Å²) in [7, 11) is 0.252. The van der Waals surface area contributed by atoms with Crippen LogP contribution in [0.15, 0.2) is 36.4 Å². The van der Waals surface area contributed by atoms with E-state index in [1.54, 1.807) is 6.07 Å². The minimum atomic E-state index is -3.86. The third kappa shape index (κ3) is 8.15. The summed E-state index contributed by atoms with van der Waals surface area (Å²) in [6.45, 7) is 5.17. The number of aryl methyl sites for hydroxylation is 1. The van der Waals surface area contributed by atoms with Gasteiger partial charge in [0.25, 0.3) is 5.91 Å². The molecule has 2 bridgehead atoms. The molecule has 4 atom stereocenters. The van der Waals surface area contributed by atoms with Gasteiger partial charge < -0.3 is 24.0 Å². The lowest BCUT2D eigenvalue weighted by atomic mass is 9.65. The number of anilines is 1. The molecule has 0 radical (unpaired) electrons. The van der Waals surface area contributed by atoms with Crippen LogP contribution in [0.4, 0.5) is 5.69 Å². The van der Waals surface area contributed by atoms with Crippen molar-refractivity contribution >= 4 is 33.2 Å². The highest BCUT2D eigenvalue weighted by Crippen LogP contribution is 2.46. The fraction of sp³-hybridized carbons (Fsp3) is 0.649. The molecule has 3 heterocycles. The van der Waals surface area contributed by atoms with Crippen molar-refractivity contribution < 1.29 is 27.4 Å². The number of carbonyl (C=O) groups excluding carboxylic acids is 1. The minimum Gasteiger partial charge on any atom is -0.487 e. The van der Waals surface area contributed by atoms with Gasteiger partial charge in [-0.25, -0.2) is 13.1 Å². The fourth-order valence-electron chi connectivity index (χ4n) is 7.96. The average Bonchev–Trinajstić information content (AvgIpc) is 3.08. The number of halogens is 1. The first-order valence-electron chi connectivity index (χ1n) is 17.9. The van der Waals surface area contributed by atoms with Crippen molar-refractivity contribution in [3.05, 3.63) is 58.1 Å². The number of amides is 1. The summed E-state index contributed by atoms with van der Waals surface area (Å²) >= 11 is 6.37.